The first-order valence-electron chi connectivity index (χ1n) is 6.43. The second-order valence-corrected chi connectivity index (χ2v) is 3.64. The van der Waals surface area contributed by atoms with Crippen molar-refractivity contribution in [1.29, 1.82) is 0 Å². The van der Waals surface area contributed by atoms with Crippen LogP contribution >= 0.6 is 12.4 Å². The number of nitrogens with zero attached hydrogens (tertiary/aromatic N) is 1. The lowest BCUT2D eigenvalue weighted by molar-refractivity contribution is -0.0571. The van der Waals surface area contributed by atoms with E-state index in [1.807, 2.05) is 37.3 Å². The summed E-state index contributed by atoms with van der Waals surface area (Å²) in [6, 6.07) is 9.64. The second kappa shape index (κ2) is 5.50. The van der Waals surface area contributed by atoms with Crippen LogP contribution in [0, 0.1) is 0 Å². The molecule has 2 nitrogen and oxygen atoms in total. The van der Waals surface area contributed by atoms with Gasteiger partial charge in [-0.3, -0.25) is 4.90 Å². The van der Waals surface area contributed by atoms with Crippen LogP contribution in [0.1, 0.15) is 22.7 Å². The van der Waals surface area contributed by atoms with E-state index in [0.29, 0.717) is 13.2 Å². The number of hydrogen-bond acceptors (Lipinski definition) is 2. The summed E-state index contributed by atoms with van der Waals surface area (Å²) in [5.41, 5.74) is 1.04. The number of likely N-dealkylation sites (N-methyl/N-ethyl adjacent to an activating group) is 1. The number of rotatable bonds is 1. The van der Waals surface area contributed by atoms with Crippen LogP contribution in [-0.2, 0) is 4.74 Å². The molecule has 1 aromatic rings. The number of ether oxygens (including phenoxy) is 1. The van der Waals surface area contributed by atoms with Crippen molar-refractivity contribution in [2.75, 3.05) is 20.1 Å². The molecule has 2 atom stereocenters. The molecule has 0 spiro atoms. The fourth-order valence-electron chi connectivity index (χ4n) is 1.80. The number of halogens is 1. The predicted molar refractivity (Wildman–Crippen MR) is 64.5 cm³/mol. The van der Waals surface area contributed by atoms with Crippen molar-refractivity contribution >= 4 is 12.4 Å². The van der Waals surface area contributed by atoms with Gasteiger partial charge in [0.25, 0.3) is 0 Å². The molecule has 1 aliphatic heterocycles. The summed E-state index contributed by atoms with van der Waals surface area (Å²) >= 11 is 0. The van der Waals surface area contributed by atoms with Gasteiger partial charge in [0.15, 0.2) is 0 Å². The van der Waals surface area contributed by atoms with Crippen LogP contribution in [0.3, 0.4) is 0 Å². The highest BCUT2D eigenvalue weighted by molar-refractivity contribution is 5.85. The fraction of sp³-hybridized carbons (Fsp3) is 0.500. The minimum Gasteiger partial charge on any atom is -0.371 e. The summed E-state index contributed by atoms with van der Waals surface area (Å²) in [6.07, 6.45) is -0.162. The lowest BCUT2D eigenvalue weighted by atomic mass is 10.0. The molecule has 0 N–H and O–H groups in total. The minimum absolute atomic E-state index is 0. The van der Waals surface area contributed by atoms with Crippen molar-refractivity contribution in [2.24, 2.45) is 0 Å². The highest BCUT2D eigenvalue weighted by Gasteiger charge is 2.27. The molecule has 1 aliphatic rings. The molecular formula is C12H18ClNO. The molecule has 1 saturated heterocycles. The van der Waals surface area contributed by atoms with Crippen molar-refractivity contribution in [3.63, 3.8) is 0 Å². The van der Waals surface area contributed by atoms with Gasteiger partial charge in [-0.25, -0.2) is 0 Å². The van der Waals surface area contributed by atoms with Crippen molar-refractivity contribution in [2.45, 2.75) is 19.1 Å². The zero-order valence-electron chi connectivity index (χ0n) is 11.7. The molecule has 84 valence electrons. The molecule has 3 heteroatoms. The lowest BCUT2D eigenvalue weighted by Crippen LogP contribution is -2.42. The summed E-state index contributed by atoms with van der Waals surface area (Å²) in [4.78, 5) is 1.54. The summed E-state index contributed by atoms with van der Waals surface area (Å²) < 4.78 is 28.2. The molecule has 0 bridgehead atoms. The Kier molecular flexibility index (Phi) is 3.14. The van der Waals surface area contributed by atoms with Crippen LogP contribution in [0.2, 0.25) is 0 Å². The first-order valence-corrected chi connectivity index (χ1v) is 4.93. The molecule has 0 aliphatic carbocycles. The maximum Gasteiger partial charge on any atom is 0.0977 e. The summed E-state index contributed by atoms with van der Waals surface area (Å²) in [6.45, 7) is 0.780. The van der Waals surface area contributed by atoms with E-state index in [1.165, 1.54) is 4.90 Å². The van der Waals surface area contributed by atoms with E-state index in [0.717, 1.165) is 5.56 Å². The van der Waals surface area contributed by atoms with Gasteiger partial charge in [0.05, 0.1) is 12.7 Å². The average Bonchev–Trinajstić information content (AvgIpc) is 2.29. The summed E-state index contributed by atoms with van der Waals surface area (Å²) in [5.74, 6) is 0. The van der Waals surface area contributed by atoms with Crippen molar-refractivity contribution in [3.05, 3.63) is 35.9 Å². The number of hydrogen-bond donors (Lipinski definition) is 0. The van der Waals surface area contributed by atoms with Crippen LogP contribution in [-0.4, -0.2) is 31.1 Å². The maximum absolute atomic E-state index is 7.51. The van der Waals surface area contributed by atoms with Crippen LogP contribution in [0.4, 0.5) is 0 Å². The highest BCUT2D eigenvalue weighted by atomic mass is 35.5. The molecule has 1 aromatic carbocycles. The Morgan fingerprint density at radius 1 is 1.40 bits per heavy atom. The Balaban J connectivity index is 0.00000162. The van der Waals surface area contributed by atoms with Crippen molar-refractivity contribution < 1.29 is 8.85 Å². The van der Waals surface area contributed by atoms with E-state index < -0.39 is 6.98 Å². The van der Waals surface area contributed by atoms with Crippen LogP contribution < -0.4 is 0 Å². The third-order valence-corrected chi connectivity index (χ3v) is 2.69. The Bertz CT molecular complexity index is 371. The monoisotopic (exact) mass is 231 g/mol. The molecule has 0 aromatic heterocycles. The SMILES string of the molecule is Cl.[2H][13C]([2H])([2H])N1CCO[C@@H](c2ccccc2)[C@@H]1C. The van der Waals surface area contributed by atoms with Gasteiger partial charge < -0.3 is 4.74 Å². The van der Waals surface area contributed by atoms with Crippen LogP contribution in [0.5, 0.6) is 0 Å². The Morgan fingerprint density at radius 2 is 2.13 bits per heavy atom. The molecule has 2 rings (SSSR count). The van der Waals surface area contributed by atoms with Gasteiger partial charge in [0.2, 0.25) is 0 Å². The highest BCUT2D eigenvalue weighted by Crippen LogP contribution is 2.26. The number of morpholine rings is 1. The normalized spacial score (nSPS) is 30.9. The van der Waals surface area contributed by atoms with Crippen molar-refractivity contribution in [1.82, 2.24) is 4.90 Å². The predicted octanol–water partition coefficient (Wildman–Crippen LogP) is 2.50. The Morgan fingerprint density at radius 3 is 2.80 bits per heavy atom. The van der Waals surface area contributed by atoms with E-state index in [4.69, 9.17) is 8.85 Å². The lowest BCUT2D eigenvalue weighted by Gasteiger charge is -2.37. The fourth-order valence-corrected chi connectivity index (χ4v) is 1.80. The third kappa shape index (κ3) is 2.71. The molecule has 1 heterocycles. The second-order valence-electron chi connectivity index (χ2n) is 3.64. The molecular weight excluding hydrogens is 211 g/mol. The Labute approximate surface area is 102 Å². The van der Waals surface area contributed by atoms with E-state index >= 15 is 0 Å². The first kappa shape index (κ1) is 8.57. The topological polar surface area (TPSA) is 12.5 Å². The van der Waals surface area contributed by atoms with Crippen molar-refractivity contribution in [3.8, 4) is 0 Å². The summed E-state index contributed by atoms with van der Waals surface area (Å²) in [7, 11) is 0. The van der Waals surface area contributed by atoms with E-state index in [1.54, 1.807) is 0 Å². The zero-order chi connectivity index (χ0) is 12.5. The van der Waals surface area contributed by atoms with Crippen LogP contribution in [0.25, 0.3) is 0 Å². The summed E-state index contributed by atoms with van der Waals surface area (Å²) in [5, 5.41) is 0. The largest absolute Gasteiger partial charge is 0.371 e. The molecule has 0 amide bonds. The minimum atomic E-state index is -2.05. The molecule has 0 saturated carbocycles. The van der Waals surface area contributed by atoms with Gasteiger partial charge in [-0.2, -0.15) is 0 Å². The molecule has 0 unspecified atom stereocenters. The van der Waals surface area contributed by atoms with E-state index in [9.17, 15) is 0 Å². The van der Waals surface area contributed by atoms with Gasteiger partial charge in [0.1, 0.15) is 0 Å². The standard InChI is InChI=1S/C12H17NO.ClH/c1-10-12(14-9-8-13(10)2)11-6-4-3-5-7-11;/h3-7,10,12H,8-9H2,1-2H3;1H/t10-,12+;/m0./s1/i2+1D3;. The first-order chi connectivity index (χ1) is 8.00. The quantitative estimate of drug-likeness (QED) is 0.689. The molecule has 15 heavy (non-hydrogen) atoms. The molecule has 1 fully saturated rings. The smallest absolute Gasteiger partial charge is 0.0977 e. The third-order valence-electron chi connectivity index (χ3n) is 2.69. The van der Waals surface area contributed by atoms with E-state index in [-0.39, 0.29) is 24.6 Å². The van der Waals surface area contributed by atoms with Crippen LogP contribution in [0.15, 0.2) is 30.3 Å². The number of benzene rings is 1. The Hall–Kier alpha value is -0.570. The molecule has 0 radical (unpaired) electrons. The van der Waals surface area contributed by atoms with Gasteiger partial charge in [-0.1, -0.05) is 30.3 Å². The van der Waals surface area contributed by atoms with Gasteiger partial charge in [-0.15, -0.1) is 12.4 Å². The van der Waals surface area contributed by atoms with Gasteiger partial charge >= 0.3 is 0 Å². The maximum atomic E-state index is 7.51. The van der Waals surface area contributed by atoms with Gasteiger partial charge in [0, 0.05) is 16.7 Å². The zero-order valence-corrected chi connectivity index (χ0v) is 9.54. The van der Waals surface area contributed by atoms with E-state index in [2.05, 4.69) is 0 Å². The average molecular weight is 232 g/mol. The van der Waals surface area contributed by atoms with Gasteiger partial charge in [-0.05, 0) is 19.5 Å².